The number of hydrogen-bond donors (Lipinski definition) is 3. The molecule has 2 aromatic rings. The lowest BCUT2D eigenvalue weighted by Gasteiger charge is -2.14. The zero-order valence-corrected chi connectivity index (χ0v) is 17.4. The van der Waals surface area contributed by atoms with Crippen LogP contribution >= 0.6 is 15.9 Å². The number of aryl methyl sites for hydroxylation is 2. The van der Waals surface area contributed by atoms with Gasteiger partial charge in [-0.25, -0.2) is 0 Å². The van der Waals surface area contributed by atoms with E-state index in [1.807, 2.05) is 32.0 Å². The van der Waals surface area contributed by atoms with Crippen LogP contribution in [0.3, 0.4) is 0 Å². The van der Waals surface area contributed by atoms with Crippen molar-refractivity contribution in [2.45, 2.75) is 46.1 Å². The van der Waals surface area contributed by atoms with Crippen LogP contribution in [0.2, 0.25) is 0 Å². The van der Waals surface area contributed by atoms with Crippen molar-refractivity contribution in [3.8, 4) is 0 Å². The summed E-state index contributed by atoms with van der Waals surface area (Å²) in [6.45, 7) is 4.87. The molecule has 1 aliphatic carbocycles. The molecule has 27 heavy (non-hydrogen) atoms. The zero-order chi connectivity index (χ0) is 19.4. The number of carbonyl (C=O) groups is 1. The fourth-order valence-corrected chi connectivity index (χ4v) is 4.16. The van der Waals surface area contributed by atoms with E-state index in [9.17, 15) is 9.59 Å². The lowest BCUT2D eigenvalue weighted by Crippen LogP contribution is -2.28. The Balaban J connectivity index is 1.66. The molecule has 1 fully saturated rings. The van der Waals surface area contributed by atoms with Gasteiger partial charge in [-0.2, -0.15) is 0 Å². The van der Waals surface area contributed by atoms with Gasteiger partial charge in [-0.3, -0.25) is 9.59 Å². The number of amides is 1. The number of anilines is 1. The minimum Gasteiger partial charge on any atom is -0.385 e. The van der Waals surface area contributed by atoms with E-state index in [2.05, 4.69) is 31.5 Å². The second-order valence-corrected chi connectivity index (χ2v) is 8.30. The number of halogens is 1. The second kappa shape index (κ2) is 8.74. The summed E-state index contributed by atoms with van der Waals surface area (Å²) in [6.07, 6.45) is 5.18. The molecule has 1 aromatic heterocycles. The molecule has 0 spiro atoms. The van der Waals surface area contributed by atoms with E-state index in [1.165, 1.54) is 25.7 Å². The molecule has 6 heteroatoms. The van der Waals surface area contributed by atoms with Gasteiger partial charge in [0.15, 0.2) is 0 Å². The van der Waals surface area contributed by atoms with Crippen molar-refractivity contribution in [1.82, 2.24) is 10.3 Å². The molecule has 5 nitrogen and oxygen atoms in total. The molecule has 0 saturated heterocycles. The Bertz CT molecular complexity index is 885. The van der Waals surface area contributed by atoms with Crippen molar-refractivity contribution in [3.05, 3.63) is 61.5 Å². The Hall–Kier alpha value is -2.08. The molecule has 0 atom stereocenters. The highest BCUT2D eigenvalue weighted by Gasteiger charge is 2.15. The highest BCUT2D eigenvalue weighted by molar-refractivity contribution is 9.10. The van der Waals surface area contributed by atoms with Crippen LogP contribution in [0.25, 0.3) is 0 Å². The van der Waals surface area contributed by atoms with Gasteiger partial charge in [0, 0.05) is 40.1 Å². The van der Waals surface area contributed by atoms with E-state index in [4.69, 9.17) is 0 Å². The Kier molecular flexibility index (Phi) is 6.37. The molecular weight excluding hydrogens is 406 g/mol. The first kappa shape index (κ1) is 19.7. The van der Waals surface area contributed by atoms with Crippen molar-refractivity contribution >= 4 is 27.5 Å². The Morgan fingerprint density at radius 1 is 1.19 bits per heavy atom. The van der Waals surface area contributed by atoms with Crippen LogP contribution in [-0.4, -0.2) is 17.4 Å². The molecule has 3 N–H and O–H groups in total. The average Bonchev–Trinajstić information content (AvgIpc) is 3.12. The number of hydrogen-bond acceptors (Lipinski definition) is 3. The number of H-pyrrole nitrogens is 1. The summed E-state index contributed by atoms with van der Waals surface area (Å²) < 4.78 is 0.855. The summed E-state index contributed by atoms with van der Waals surface area (Å²) in [5.41, 5.74) is 3.64. The van der Waals surface area contributed by atoms with Gasteiger partial charge in [0.1, 0.15) is 0 Å². The van der Waals surface area contributed by atoms with Gasteiger partial charge in [0.25, 0.3) is 11.5 Å². The van der Waals surface area contributed by atoms with Crippen molar-refractivity contribution in [3.63, 3.8) is 0 Å². The first-order valence-corrected chi connectivity index (χ1v) is 10.2. The number of aromatic nitrogens is 1. The molecule has 0 bridgehead atoms. The fraction of sp³-hybridized carbons (Fsp3) is 0.429. The van der Waals surface area contributed by atoms with Crippen molar-refractivity contribution in [1.29, 1.82) is 0 Å². The molecule has 1 heterocycles. The third kappa shape index (κ3) is 5.22. The van der Waals surface area contributed by atoms with E-state index in [0.717, 1.165) is 33.9 Å². The molecule has 1 aliphatic rings. The predicted octanol–water partition coefficient (Wildman–Crippen LogP) is 4.29. The van der Waals surface area contributed by atoms with Crippen molar-refractivity contribution in [2.24, 2.45) is 5.92 Å². The summed E-state index contributed by atoms with van der Waals surface area (Å²) in [5.74, 6) is 0.525. The van der Waals surface area contributed by atoms with Crippen molar-refractivity contribution in [2.75, 3.05) is 11.9 Å². The van der Waals surface area contributed by atoms with Crippen LogP contribution in [0.5, 0.6) is 0 Å². The van der Waals surface area contributed by atoms with Crippen LogP contribution in [0.15, 0.2) is 33.5 Å². The van der Waals surface area contributed by atoms with Gasteiger partial charge in [-0.05, 0) is 62.4 Å². The standard InChI is InChI=1S/C21H26BrN3O2/c1-13-7-14(2)25-21(27)19(13)12-24-20(26)16-8-17(22)10-18(9-16)23-11-15-5-3-4-6-15/h7-10,15,23H,3-6,11-12H2,1-2H3,(H,24,26)(H,25,27). The second-order valence-electron chi connectivity index (χ2n) is 7.39. The maximum atomic E-state index is 12.6. The summed E-state index contributed by atoms with van der Waals surface area (Å²) in [7, 11) is 0. The average molecular weight is 432 g/mol. The third-order valence-corrected chi connectivity index (χ3v) is 5.61. The number of carbonyl (C=O) groups excluding carboxylic acids is 1. The first-order chi connectivity index (χ1) is 12.9. The Labute approximate surface area is 168 Å². The SMILES string of the molecule is Cc1cc(C)c(CNC(=O)c2cc(Br)cc(NCC3CCCC3)c2)c(=O)[nH]1. The summed E-state index contributed by atoms with van der Waals surface area (Å²) >= 11 is 3.49. The molecule has 1 aromatic carbocycles. The fourth-order valence-electron chi connectivity index (χ4n) is 3.67. The number of rotatable bonds is 6. The molecule has 144 valence electrons. The largest absolute Gasteiger partial charge is 0.385 e. The smallest absolute Gasteiger partial charge is 0.253 e. The highest BCUT2D eigenvalue weighted by Crippen LogP contribution is 2.26. The van der Waals surface area contributed by atoms with Crippen LogP contribution in [0, 0.1) is 19.8 Å². The minimum atomic E-state index is -0.195. The minimum absolute atomic E-state index is 0.152. The number of pyridine rings is 1. The maximum absolute atomic E-state index is 12.6. The van der Waals surface area contributed by atoms with Gasteiger partial charge in [0.2, 0.25) is 0 Å². The summed E-state index contributed by atoms with van der Waals surface area (Å²) in [4.78, 5) is 27.5. The van der Waals surface area contributed by atoms with Crippen LogP contribution in [0.4, 0.5) is 5.69 Å². The van der Waals surface area contributed by atoms with Crippen molar-refractivity contribution < 1.29 is 4.79 Å². The molecule has 3 rings (SSSR count). The van der Waals surface area contributed by atoms with E-state index in [0.29, 0.717) is 11.1 Å². The Morgan fingerprint density at radius 2 is 1.93 bits per heavy atom. The number of benzene rings is 1. The van der Waals surface area contributed by atoms with E-state index < -0.39 is 0 Å². The number of nitrogens with one attached hydrogen (secondary N) is 3. The topological polar surface area (TPSA) is 74.0 Å². The Morgan fingerprint density at radius 3 is 2.63 bits per heavy atom. The van der Waals surface area contributed by atoms with Gasteiger partial charge in [0.05, 0.1) is 0 Å². The molecule has 1 saturated carbocycles. The first-order valence-electron chi connectivity index (χ1n) is 9.44. The molecule has 1 amide bonds. The maximum Gasteiger partial charge on any atom is 0.253 e. The third-order valence-electron chi connectivity index (χ3n) is 5.15. The molecule has 0 unspecified atom stereocenters. The van der Waals surface area contributed by atoms with E-state index >= 15 is 0 Å². The van der Waals surface area contributed by atoms with Crippen LogP contribution in [0.1, 0.15) is 52.9 Å². The highest BCUT2D eigenvalue weighted by atomic mass is 79.9. The quantitative estimate of drug-likeness (QED) is 0.638. The monoisotopic (exact) mass is 431 g/mol. The van der Waals surface area contributed by atoms with Crippen LogP contribution < -0.4 is 16.2 Å². The lowest BCUT2D eigenvalue weighted by atomic mass is 10.1. The van der Waals surface area contributed by atoms with Gasteiger partial charge in [-0.1, -0.05) is 28.8 Å². The normalized spacial score (nSPS) is 14.3. The van der Waals surface area contributed by atoms with Crippen LogP contribution in [-0.2, 0) is 6.54 Å². The molecule has 0 radical (unpaired) electrons. The van der Waals surface area contributed by atoms with Gasteiger partial charge < -0.3 is 15.6 Å². The molecular formula is C21H26BrN3O2. The number of aromatic amines is 1. The predicted molar refractivity (Wildman–Crippen MR) is 112 cm³/mol. The van der Waals surface area contributed by atoms with E-state index in [-0.39, 0.29) is 18.0 Å². The zero-order valence-electron chi connectivity index (χ0n) is 15.8. The van der Waals surface area contributed by atoms with Gasteiger partial charge >= 0.3 is 0 Å². The molecule has 0 aliphatic heterocycles. The summed E-state index contributed by atoms with van der Waals surface area (Å²) in [6, 6.07) is 7.55. The summed E-state index contributed by atoms with van der Waals surface area (Å²) in [5, 5.41) is 6.32. The van der Waals surface area contributed by atoms with Gasteiger partial charge in [-0.15, -0.1) is 0 Å². The lowest BCUT2D eigenvalue weighted by molar-refractivity contribution is 0.0950. The van der Waals surface area contributed by atoms with E-state index in [1.54, 1.807) is 6.07 Å².